The van der Waals surface area contributed by atoms with Crippen LogP contribution in [0.5, 0.6) is 0 Å². The maximum absolute atomic E-state index is 13.9. The topological polar surface area (TPSA) is 162 Å². The quantitative estimate of drug-likeness (QED) is 0.147. The number of allylic oxidation sites excluding steroid dienone is 1. The van der Waals surface area contributed by atoms with Crippen LogP contribution in [-0.4, -0.2) is 89.9 Å². The smallest absolute Gasteiger partial charge is 0.407 e. The molecule has 2 saturated heterocycles. The monoisotopic (exact) mass is 904 g/mol. The van der Waals surface area contributed by atoms with Crippen LogP contribution in [0.3, 0.4) is 0 Å². The molecule has 3 N–H and O–H groups in total. The largest absolute Gasteiger partial charge is 0.453 e. The van der Waals surface area contributed by atoms with Gasteiger partial charge in [-0.2, -0.15) is 40.5 Å². The van der Waals surface area contributed by atoms with E-state index in [9.17, 15) is 24.0 Å². The van der Waals surface area contributed by atoms with Crippen molar-refractivity contribution in [3.63, 3.8) is 0 Å². The van der Waals surface area contributed by atoms with E-state index in [1.54, 1.807) is 11.0 Å². The molecule has 16 heteroatoms. The summed E-state index contributed by atoms with van der Waals surface area (Å²) >= 11 is 0. The van der Waals surface area contributed by atoms with Crippen LogP contribution in [0, 0.1) is 11.8 Å². The van der Waals surface area contributed by atoms with E-state index in [4.69, 9.17) is 14.5 Å². The summed E-state index contributed by atoms with van der Waals surface area (Å²) in [5, 5.41) is 8.13. The second kappa shape index (κ2) is 21.4. The van der Waals surface area contributed by atoms with Crippen molar-refractivity contribution in [2.24, 2.45) is 16.8 Å². The number of fused-ring (bicyclic) bond motifs is 2. The number of pyridine rings is 1. The molecule has 0 bridgehead atoms. The van der Waals surface area contributed by atoms with Crippen LogP contribution in [0.2, 0.25) is 0 Å². The zero-order valence-electron chi connectivity index (χ0n) is 36.2. The fraction of sp³-hybridized carbons (Fsp3) is 0.435. The number of methoxy groups -OCH3 is 2. The predicted molar refractivity (Wildman–Crippen MR) is 260 cm³/mol. The van der Waals surface area contributed by atoms with Gasteiger partial charge in [0.05, 0.1) is 31.8 Å². The number of carbonyl (C=O) groups is 4. The number of rotatable bonds is 10. The molecule has 0 saturated carbocycles. The number of aromatic nitrogens is 1. The molecule has 13 nitrogen and oxygen atoms in total. The number of aromatic amines is 1. The third-order valence-electron chi connectivity index (χ3n) is 12.0. The van der Waals surface area contributed by atoms with Gasteiger partial charge in [-0.3, -0.25) is 19.4 Å². The van der Waals surface area contributed by atoms with Gasteiger partial charge >= 0.3 is 12.2 Å². The number of likely N-dealkylation sites (tertiary alicyclic amines) is 2. The van der Waals surface area contributed by atoms with Gasteiger partial charge in [0.1, 0.15) is 12.1 Å². The number of hydrogen-bond acceptors (Lipinski definition) is 8. The number of benzene rings is 3. The van der Waals surface area contributed by atoms with E-state index in [-0.39, 0.29) is 81.6 Å². The van der Waals surface area contributed by atoms with Crippen LogP contribution in [0.15, 0.2) is 76.7 Å². The second-order valence-electron chi connectivity index (χ2n) is 16.5. The first-order valence-corrected chi connectivity index (χ1v) is 20.6. The first-order valence-electron chi connectivity index (χ1n) is 20.6. The Morgan fingerprint density at radius 2 is 1.23 bits per heavy atom. The maximum atomic E-state index is 13.9. The van der Waals surface area contributed by atoms with E-state index in [1.807, 2.05) is 57.0 Å². The lowest BCUT2D eigenvalue weighted by molar-refractivity contribution is -0.138. The molecule has 4 heterocycles. The summed E-state index contributed by atoms with van der Waals surface area (Å²) in [4.78, 5) is 77.1. The van der Waals surface area contributed by atoms with Crippen molar-refractivity contribution in [3.05, 3.63) is 88.3 Å². The van der Waals surface area contributed by atoms with Crippen LogP contribution in [0.25, 0.3) is 38.4 Å². The van der Waals surface area contributed by atoms with Gasteiger partial charge in [-0.25, -0.2) is 9.59 Å². The van der Waals surface area contributed by atoms with Crippen molar-refractivity contribution >= 4 is 97.4 Å². The summed E-state index contributed by atoms with van der Waals surface area (Å²) in [5.74, 6) is -0.567. The minimum Gasteiger partial charge on any atom is -0.453 e. The van der Waals surface area contributed by atoms with E-state index >= 15 is 0 Å². The molecular weight excluding hydrogens is 845 g/mol. The molecule has 4 aromatic rings. The Morgan fingerprint density at radius 1 is 0.694 bits per heavy atom. The fourth-order valence-electron chi connectivity index (χ4n) is 8.74. The van der Waals surface area contributed by atoms with Crippen molar-refractivity contribution in [3.8, 4) is 11.1 Å². The number of piperidine rings is 1. The highest BCUT2D eigenvalue weighted by molar-refractivity contribution is 7.59. The molecule has 1 aromatic heterocycles. The molecule has 1 unspecified atom stereocenters. The van der Waals surface area contributed by atoms with Crippen molar-refractivity contribution in [1.82, 2.24) is 25.4 Å². The average molecular weight is 905 g/mol. The van der Waals surface area contributed by atoms with Crippen molar-refractivity contribution in [2.45, 2.75) is 90.4 Å². The van der Waals surface area contributed by atoms with Gasteiger partial charge in [-0.15, -0.1) is 0 Å². The van der Waals surface area contributed by atoms with Gasteiger partial charge in [0.15, 0.2) is 5.43 Å². The van der Waals surface area contributed by atoms with Crippen molar-refractivity contribution < 1.29 is 28.7 Å². The zero-order valence-corrected chi connectivity index (χ0v) is 39.2. The van der Waals surface area contributed by atoms with Gasteiger partial charge in [0, 0.05) is 48.6 Å². The Balaban J connectivity index is 0.00000282. The number of ether oxygens (including phenoxy) is 2. The lowest BCUT2D eigenvalue weighted by Gasteiger charge is -2.38. The molecule has 0 radical (unpaired) electrons. The van der Waals surface area contributed by atoms with Gasteiger partial charge < -0.3 is 34.9 Å². The highest BCUT2D eigenvalue weighted by Gasteiger charge is 2.39. The number of hydrogen-bond donors (Lipinski definition) is 3. The molecule has 62 heavy (non-hydrogen) atoms. The van der Waals surface area contributed by atoms with Gasteiger partial charge in [-0.05, 0) is 101 Å². The summed E-state index contributed by atoms with van der Waals surface area (Å²) in [6, 6.07) is 18.2. The Labute approximate surface area is 383 Å². The van der Waals surface area contributed by atoms with Crippen molar-refractivity contribution in [1.29, 1.82) is 0 Å². The van der Waals surface area contributed by atoms with E-state index in [0.29, 0.717) is 42.5 Å². The Bertz CT molecular complexity index is 2420. The summed E-state index contributed by atoms with van der Waals surface area (Å²) in [6.45, 7) is 8.73. The molecule has 0 aliphatic carbocycles. The number of nitrogens with zero attached hydrogens (tertiary/aromatic N) is 3. The third kappa shape index (κ3) is 10.5. The van der Waals surface area contributed by atoms with Gasteiger partial charge in [0.2, 0.25) is 11.8 Å². The number of alkyl carbamates (subject to hydrolysis) is 2. The molecule has 334 valence electrons. The maximum Gasteiger partial charge on any atom is 0.407 e. The molecule has 3 aliphatic heterocycles. The molecule has 4 atom stereocenters. The highest BCUT2D eigenvalue weighted by atomic mass is 32.1. The number of carbonyl (C=O) groups excluding carboxylic acids is 4. The van der Waals surface area contributed by atoms with Gasteiger partial charge in [-0.1, -0.05) is 58.0 Å². The normalized spacial score (nSPS) is 18.2. The molecule has 3 aliphatic rings. The number of aliphatic imine (C=N–C) groups is 1. The van der Waals surface area contributed by atoms with E-state index in [0.717, 1.165) is 64.4 Å². The summed E-state index contributed by atoms with van der Waals surface area (Å²) in [6.07, 6.45) is 5.41. The van der Waals surface area contributed by atoms with Gasteiger partial charge in [0.25, 0.3) is 0 Å². The van der Waals surface area contributed by atoms with Crippen LogP contribution in [0.1, 0.15) is 83.5 Å². The van der Waals surface area contributed by atoms with Crippen LogP contribution in [-0.2, 0) is 19.1 Å². The minimum absolute atomic E-state index is 0. The van der Waals surface area contributed by atoms with Crippen LogP contribution < -0.4 is 16.1 Å². The van der Waals surface area contributed by atoms with E-state index in [2.05, 4.69) is 52.0 Å². The molecule has 7 rings (SSSR count). The Morgan fingerprint density at radius 3 is 1.84 bits per heavy atom. The first kappa shape index (κ1) is 49.7. The fourth-order valence-corrected chi connectivity index (χ4v) is 8.74. The summed E-state index contributed by atoms with van der Waals surface area (Å²) in [7, 11) is 2.57. The first-order chi connectivity index (χ1) is 28.4. The molecule has 4 amide bonds. The second-order valence-corrected chi connectivity index (χ2v) is 16.5. The molecule has 2 fully saturated rings. The predicted octanol–water partition coefficient (Wildman–Crippen LogP) is 7.68. The minimum atomic E-state index is -0.756. The third-order valence-corrected chi connectivity index (χ3v) is 12.0. The lowest BCUT2D eigenvalue weighted by atomic mass is 9.94. The zero-order chi connectivity index (χ0) is 42.0. The van der Waals surface area contributed by atoms with Crippen LogP contribution >= 0.6 is 40.5 Å². The summed E-state index contributed by atoms with van der Waals surface area (Å²) < 4.78 is 9.57. The Kier molecular flexibility index (Phi) is 17.2. The van der Waals surface area contributed by atoms with Crippen molar-refractivity contribution in [2.75, 3.05) is 27.3 Å². The lowest BCUT2D eigenvalue weighted by Crippen LogP contribution is -2.53. The standard InChI is InChI=1S/C46H54N6O7.3H2S/c1-26(2)41(49-45(56)58-5)43(54)51-18-8-7-10-39(51)37-24-40(53)34-17-16-32(22-35(34)48-37)30-13-12-29-21-31(15-14-28(29)20-30)33-23-36(47-25-33)38-11-9-19-52(38)44(55)42(27(3)4)50-46(57)59-6;;;/h12-17,20-22,24-27,38-39,41-42H,7-11,18-19,23H2,1-6H3,(H,48,53)(H,49,56)(H,50,57);3*1H2/t38-,39?,41-,42-;;;/m0.../s1. The SMILES string of the molecule is COC(=O)N[C@H](C(=O)N1CCCCC1c1cc(=O)c2ccc(-c3ccc4cc(C5=CN=C([C@@H]6CCCN6C(=O)[C@@H](NC(=O)OC)C(C)C)C5)ccc4c3)cc2[nH]1)C(C)C.S.S.S. The molecule has 3 aromatic carbocycles. The summed E-state index contributed by atoms with van der Waals surface area (Å²) in [5.41, 5.74) is 6.31. The molecule has 0 spiro atoms. The number of H-pyrrole nitrogens is 1. The highest BCUT2D eigenvalue weighted by Crippen LogP contribution is 2.35. The van der Waals surface area contributed by atoms with Crippen LogP contribution in [0.4, 0.5) is 9.59 Å². The molecular formula is C46H60N6O7S3. The Hall–Kier alpha value is -4.93. The van der Waals surface area contributed by atoms with E-state index < -0.39 is 24.3 Å². The number of amides is 4. The van der Waals surface area contributed by atoms with E-state index in [1.165, 1.54) is 14.2 Å². The average Bonchev–Trinajstić information content (AvgIpc) is 3.94. The number of nitrogens with one attached hydrogen (secondary N) is 3.